The molecular weight excluding hydrogens is 861 g/mol. The van der Waals surface area contributed by atoms with Gasteiger partial charge in [-0.25, -0.2) is 0 Å². The van der Waals surface area contributed by atoms with Crippen LogP contribution in [0.25, 0.3) is 0 Å². The van der Waals surface area contributed by atoms with Crippen LogP contribution in [0.4, 0.5) is 0 Å². The molecule has 0 aliphatic heterocycles. The van der Waals surface area contributed by atoms with E-state index in [2.05, 4.69) is 197 Å². The Bertz CT molecular complexity index is 1650. The van der Waals surface area contributed by atoms with E-state index in [9.17, 15) is 9.59 Å². The number of ether oxygens (including phenoxy) is 3. The standard InChI is InChI=1S/C65H98O5/c1-4-7-10-13-16-19-22-25-28-31-33-35-37-40-43-46-49-52-55-58-64(66)69-62-63(61-68-60-57-54-51-48-45-42-39-36-32-29-26-23-20-17-14-11-8-5-2)70-65(67)59-56-53-50-47-44-41-38-34-30-27-24-21-18-15-12-9-6-3/h7-12,16-21,25-30,33,35-36,38-41,43,45,48-49,52,63H,4-6,13-15,22-24,31-32,34,37,42,44,46-47,50-51,53-62H2,1-3H3/b10-7-,11-8-,12-9-,19-16-,20-17-,21-18-,28-25-,29-26-,30-27-,35-33-,39-36-,41-38-,43-40-,48-45-,52-49-. The van der Waals surface area contributed by atoms with Crippen LogP contribution in [0.1, 0.15) is 188 Å². The third-order valence-corrected chi connectivity index (χ3v) is 10.4. The lowest BCUT2D eigenvalue weighted by molar-refractivity contribution is -0.162. The molecule has 0 aliphatic rings. The second-order valence-electron chi connectivity index (χ2n) is 17.0. The Balaban J connectivity index is 4.57. The SMILES string of the molecule is CC/C=C\C/C=C\C/C=C\C/C=C\C/C=C\C/C=C\CCC(=O)OCC(COCCCC/C=C\C/C=C\C/C=C\C/C=C\C/C=C\CC)OC(=O)CCCCCC/C=C\C/C=C\C/C=C\C/C=C\CC. The smallest absolute Gasteiger partial charge is 0.306 e. The van der Waals surface area contributed by atoms with E-state index in [1.54, 1.807) is 0 Å². The molecular formula is C65H98O5. The summed E-state index contributed by atoms with van der Waals surface area (Å²) in [5, 5.41) is 0. The first-order valence-corrected chi connectivity index (χ1v) is 27.3. The van der Waals surface area contributed by atoms with E-state index >= 15 is 0 Å². The van der Waals surface area contributed by atoms with Gasteiger partial charge in [-0.2, -0.15) is 0 Å². The van der Waals surface area contributed by atoms with Crippen molar-refractivity contribution in [2.75, 3.05) is 19.8 Å². The summed E-state index contributed by atoms with van der Waals surface area (Å²) in [6.07, 6.45) is 89.2. The molecule has 0 spiro atoms. The average Bonchev–Trinajstić information content (AvgIpc) is 3.36. The summed E-state index contributed by atoms with van der Waals surface area (Å²) >= 11 is 0. The molecule has 0 fully saturated rings. The molecule has 1 unspecified atom stereocenters. The second-order valence-corrected chi connectivity index (χ2v) is 17.0. The van der Waals surface area contributed by atoms with E-state index in [0.29, 0.717) is 19.4 Å². The molecule has 0 aromatic rings. The van der Waals surface area contributed by atoms with Crippen LogP contribution in [0.3, 0.4) is 0 Å². The number of hydrogen-bond donors (Lipinski definition) is 0. The lowest BCUT2D eigenvalue weighted by atomic mass is 10.1. The number of esters is 2. The minimum absolute atomic E-state index is 0.00320. The van der Waals surface area contributed by atoms with Gasteiger partial charge in [-0.3, -0.25) is 9.59 Å². The van der Waals surface area contributed by atoms with Gasteiger partial charge in [0.1, 0.15) is 6.61 Å². The van der Waals surface area contributed by atoms with Gasteiger partial charge in [0.05, 0.1) is 6.61 Å². The van der Waals surface area contributed by atoms with Gasteiger partial charge < -0.3 is 14.2 Å². The summed E-state index contributed by atoms with van der Waals surface area (Å²) in [6.45, 7) is 7.24. The fraction of sp³-hybridized carbons (Fsp3) is 0.508. The zero-order valence-corrected chi connectivity index (χ0v) is 44.4. The topological polar surface area (TPSA) is 61.8 Å². The van der Waals surface area contributed by atoms with E-state index in [0.717, 1.165) is 148 Å². The molecule has 0 amide bonds. The van der Waals surface area contributed by atoms with E-state index in [1.165, 1.54) is 0 Å². The molecule has 0 rings (SSSR count). The van der Waals surface area contributed by atoms with E-state index in [4.69, 9.17) is 14.2 Å². The Morgan fingerprint density at radius 1 is 0.314 bits per heavy atom. The molecule has 0 aromatic heterocycles. The molecule has 5 heteroatoms. The Morgan fingerprint density at radius 2 is 0.629 bits per heavy atom. The van der Waals surface area contributed by atoms with Gasteiger partial charge in [-0.05, 0) is 141 Å². The Kier molecular flexibility index (Phi) is 54.1. The zero-order valence-electron chi connectivity index (χ0n) is 44.4. The minimum Gasteiger partial charge on any atom is -0.462 e. The van der Waals surface area contributed by atoms with Crippen LogP contribution in [0, 0.1) is 0 Å². The molecule has 0 saturated heterocycles. The van der Waals surface area contributed by atoms with Crippen molar-refractivity contribution in [3.63, 3.8) is 0 Å². The molecule has 70 heavy (non-hydrogen) atoms. The highest BCUT2D eigenvalue weighted by molar-refractivity contribution is 5.70. The molecule has 388 valence electrons. The van der Waals surface area contributed by atoms with Crippen LogP contribution in [0.15, 0.2) is 182 Å². The molecule has 0 N–H and O–H groups in total. The Labute approximate surface area is 429 Å². The van der Waals surface area contributed by atoms with E-state index in [1.807, 2.05) is 6.08 Å². The molecule has 0 heterocycles. The molecule has 0 aliphatic carbocycles. The monoisotopic (exact) mass is 959 g/mol. The predicted molar refractivity (Wildman–Crippen MR) is 306 cm³/mol. The van der Waals surface area contributed by atoms with Gasteiger partial charge in [0.25, 0.3) is 0 Å². The quantitative estimate of drug-likeness (QED) is 0.0345. The van der Waals surface area contributed by atoms with Crippen molar-refractivity contribution in [1.29, 1.82) is 0 Å². The maximum atomic E-state index is 12.8. The van der Waals surface area contributed by atoms with Crippen LogP contribution in [-0.4, -0.2) is 37.9 Å². The highest BCUT2D eigenvalue weighted by Crippen LogP contribution is 2.10. The first-order valence-electron chi connectivity index (χ1n) is 27.3. The van der Waals surface area contributed by atoms with E-state index in [-0.39, 0.29) is 31.6 Å². The van der Waals surface area contributed by atoms with Gasteiger partial charge >= 0.3 is 11.9 Å². The minimum atomic E-state index is -0.619. The summed E-state index contributed by atoms with van der Waals surface area (Å²) in [6, 6.07) is 0. The molecule has 5 nitrogen and oxygen atoms in total. The van der Waals surface area contributed by atoms with Gasteiger partial charge in [0.15, 0.2) is 6.10 Å². The van der Waals surface area contributed by atoms with Crippen molar-refractivity contribution >= 4 is 11.9 Å². The maximum absolute atomic E-state index is 12.8. The highest BCUT2D eigenvalue weighted by Gasteiger charge is 2.17. The van der Waals surface area contributed by atoms with Crippen molar-refractivity contribution in [3.05, 3.63) is 182 Å². The summed E-state index contributed by atoms with van der Waals surface area (Å²) in [5.41, 5.74) is 0. The van der Waals surface area contributed by atoms with Crippen LogP contribution in [0.5, 0.6) is 0 Å². The van der Waals surface area contributed by atoms with Crippen LogP contribution >= 0.6 is 0 Å². The zero-order chi connectivity index (χ0) is 50.6. The second kappa shape index (κ2) is 58.3. The van der Waals surface area contributed by atoms with Gasteiger partial charge in [0, 0.05) is 19.4 Å². The molecule has 0 saturated carbocycles. The number of rotatable bonds is 47. The van der Waals surface area contributed by atoms with Gasteiger partial charge in [-0.15, -0.1) is 0 Å². The third-order valence-electron chi connectivity index (χ3n) is 10.4. The third kappa shape index (κ3) is 55.6. The fourth-order valence-electron chi connectivity index (χ4n) is 6.49. The van der Waals surface area contributed by atoms with Crippen molar-refractivity contribution < 1.29 is 23.8 Å². The lowest BCUT2D eigenvalue weighted by Gasteiger charge is -2.18. The normalized spacial score (nSPS) is 13.7. The van der Waals surface area contributed by atoms with Crippen molar-refractivity contribution in [1.82, 2.24) is 0 Å². The number of allylic oxidation sites excluding steroid dienone is 30. The summed E-state index contributed by atoms with van der Waals surface area (Å²) in [7, 11) is 0. The molecule has 0 aromatic carbocycles. The lowest BCUT2D eigenvalue weighted by Crippen LogP contribution is -2.30. The Morgan fingerprint density at radius 3 is 1.00 bits per heavy atom. The number of carbonyl (C=O) groups excluding carboxylic acids is 2. The van der Waals surface area contributed by atoms with Gasteiger partial charge in [-0.1, -0.05) is 216 Å². The summed E-state index contributed by atoms with van der Waals surface area (Å²) in [5.74, 6) is -0.564. The summed E-state index contributed by atoms with van der Waals surface area (Å²) < 4.78 is 17.3. The van der Waals surface area contributed by atoms with Crippen molar-refractivity contribution in [2.24, 2.45) is 0 Å². The first kappa shape index (κ1) is 65.0. The van der Waals surface area contributed by atoms with Crippen molar-refractivity contribution in [3.8, 4) is 0 Å². The molecule has 1 atom stereocenters. The van der Waals surface area contributed by atoms with Crippen LogP contribution in [0.2, 0.25) is 0 Å². The van der Waals surface area contributed by atoms with Crippen LogP contribution in [-0.2, 0) is 23.8 Å². The van der Waals surface area contributed by atoms with E-state index < -0.39 is 6.10 Å². The fourth-order valence-corrected chi connectivity index (χ4v) is 6.49. The highest BCUT2D eigenvalue weighted by atomic mass is 16.6. The van der Waals surface area contributed by atoms with Crippen molar-refractivity contribution in [2.45, 2.75) is 194 Å². The number of hydrogen-bond acceptors (Lipinski definition) is 5. The molecule has 0 bridgehead atoms. The number of unbranched alkanes of at least 4 members (excludes halogenated alkanes) is 6. The average molecular weight is 959 g/mol. The first-order chi connectivity index (χ1) is 34.6. The largest absolute Gasteiger partial charge is 0.462 e. The predicted octanol–water partition coefficient (Wildman–Crippen LogP) is 19.0. The summed E-state index contributed by atoms with van der Waals surface area (Å²) in [4.78, 5) is 25.5. The Hall–Kier alpha value is -5.00. The number of carbonyl (C=O) groups is 2. The van der Waals surface area contributed by atoms with Gasteiger partial charge in [0.2, 0.25) is 0 Å². The molecule has 0 radical (unpaired) electrons. The van der Waals surface area contributed by atoms with Crippen LogP contribution < -0.4 is 0 Å². The maximum Gasteiger partial charge on any atom is 0.306 e.